The van der Waals surface area contributed by atoms with Gasteiger partial charge in [-0.1, -0.05) is 12.7 Å². The number of likely N-dealkylation sites (tertiary alicyclic amines) is 1. The first kappa shape index (κ1) is 20.8. The minimum Gasteiger partial charge on any atom is -0.467 e. The van der Waals surface area contributed by atoms with Crippen LogP contribution in [-0.2, 0) is 19.0 Å². The van der Waals surface area contributed by atoms with E-state index in [4.69, 9.17) is 14.2 Å². The van der Waals surface area contributed by atoms with Crippen molar-refractivity contribution < 1.29 is 28.6 Å². The summed E-state index contributed by atoms with van der Waals surface area (Å²) in [5.41, 5.74) is -0.647. The quantitative estimate of drug-likeness (QED) is 0.445. The molecule has 25 heavy (non-hydrogen) atoms. The number of methoxy groups -OCH3 is 1. The zero-order valence-electron chi connectivity index (χ0n) is 15.4. The lowest BCUT2D eigenvalue weighted by Gasteiger charge is -2.27. The van der Waals surface area contributed by atoms with Crippen molar-refractivity contribution in [1.29, 1.82) is 0 Å². The van der Waals surface area contributed by atoms with Crippen molar-refractivity contribution in [3.8, 4) is 0 Å². The van der Waals surface area contributed by atoms with Crippen molar-refractivity contribution in [2.24, 2.45) is 5.92 Å². The normalized spacial score (nSPS) is 19.9. The number of hydrogen-bond donors (Lipinski definition) is 1. The molecule has 1 fully saturated rings. The number of carbonyl (C=O) groups excluding carboxylic acids is 3. The summed E-state index contributed by atoms with van der Waals surface area (Å²) in [6.07, 6.45) is 1.50. The highest BCUT2D eigenvalue weighted by Gasteiger charge is 2.41. The monoisotopic (exact) mass is 356 g/mol. The molecular formula is C17H28N2O6. The molecule has 2 unspecified atom stereocenters. The highest BCUT2D eigenvalue weighted by Crippen LogP contribution is 2.28. The van der Waals surface area contributed by atoms with Crippen LogP contribution in [0.25, 0.3) is 0 Å². The van der Waals surface area contributed by atoms with Gasteiger partial charge in [0.1, 0.15) is 18.2 Å². The van der Waals surface area contributed by atoms with Crippen LogP contribution in [0, 0.1) is 5.92 Å². The van der Waals surface area contributed by atoms with Gasteiger partial charge in [-0.3, -0.25) is 4.90 Å². The third-order valence-electron chi connectivity index (χ3n) is 3.64. The minimum absolute atomic E-state index is 0.0522. The SMILES string of the molecule is C=CCOC(=O)NCCC1CC(C(=O)OC)N(C(=O)OC(C)(C)C)C1. The Labute approximate surface area is 148 Å². The molecule has 1 aliphatic rings. The molecule has 142 valence electrons. The van der Waals surface area contributed by atoms with Crippen LogP contribution in [0.5, 0.6) is 0 Å². The lowest BCUT2D eigenvalue weighted by Crippen LogP contribution is -2.43. The minimum atomic E-state index is -0.669. The van der Waals surface area contributed by atoms with Crippen LogP contribution in [0.1, 0.15) is 33.6 Å². The van der Waals surface area contributed by atoms with Gasteiger partial charge in [0.05, 0.1) is 7.11 Å². The maximum Gasteiger partial charge on any atom is 0.411 e. The molecule has 2 amide bonds. The van der Waals surface area contributed by atoms with Crippen molar-refractivity contribution in [1.82, 2.24) is 10.2 Å². The van der Waals surface area contributed by atoms with Gasteiger partial charge in [-0.25, -0.2) is 14.4 Å². The summed E-state index contributed by atoms with van der Waals surface area (Å²) < 4.78 is 15.0. The van der Waals surface area contributed by atoms with Crippen LogP contribution in [0.4, 0.5) is 9.59 Å². The predicted octanol–water partition coefficient (Wildman–Crippen LogP) is 2.09. The van der Waals surface area contributed by atoms with Crippen LogP contribution >= 0.6 is 0 Å². The first-order valence-corrected chi connectivity index (χ1v) is 8.27. The number of esters is 1. The smallest absolute Gasteiger partial charge is 0.411 e. The van der Waals surface area contributed by atoms with Crippen LogP contribution in [0.3, 0.4) is 0 Å². The Morgan fingerprint density at radius 1 is 1.32 bits per heavy atom. The number of alkyl carbamates (subject to hydrolysis) is 1. The standard InChI is InChI=1S/C17H28N2O6/c1-6-9-24-15(21)18-8-7-12-10-13(14(20)23-5)19(11-12)16(22)25-17(2,3)4/h6,12-13H,1,7-11H2,2-5H3,(H,18,21). The summed E-state index contributed by atoms with van der Waals surface area (Å²) in [6.45, 7) is 9.67. The fraction of sp³-hybridized carbons (Fsp3) is 0.706. The van der Waals surface area contributed by atoms with E-state index in [0.717, 1.165) is 0 Å². The fourth-order valence-electron chi connectivity index (χ4n) is 2.58. The molecule has 0 aromatic carbocycles. The zero-order chi connectivity index (χ0) is 19.0. The number of ether oxygens (including phenoxy) is 3. The predicted molar refractivity (Wildman–Crippen MR) is 91.0 cm³/mol. The first-order chi connectivity index (χ1) is 11.7. The van der Waals surface area contributed by atoms with Crippen LogP contribution in [0.15, 0.2) is 12.7 Å². The Hall–Kier alpha value is -2.25. The molecule has 0 aliphatic carbocycles. The Bertz CT molecular complexity index is 500. The van der Waals surface area contributed by atoms with Gasteiger partial charge in [0.25, 0.3) is 0 Å². The summed E-state index contributed by atoms with van der Waals surface area (Å²) >= 11 is 0. The fourth-order valence-corrected chi connectivity index (χ4v) is 2.58. The molecule has 1 aliphatic heterocycles. The van der Waals surface area contributed by atoms with Gasteiger partial charge in [-0.2, -0.15) is 0 Å². The van der Waals surface area contributed by atoms with E-state index in [-0.39, 0.29) is 12.5 Å². The van der Waals surface area contributed by atoms with Crippen molar-refractivity contribution in [3.63, 3.8) is 0 Å². The second-order valence-corrected chi connectivity index (χ2v) is 6.88. The molecule has 0 radical (unpaired) electrons. The van der Waals surface area contributed by atoms with E-state index in [0.29, 0.717) is 25.9 Å². The zero-order valence-corrected chi connectivity index (χ0v) is 15.4. The molecule has 1 heterocycles. The molecule has 0 saturated carbocycles. The molecule has 1 N–H and O–H groups in total. The largest absolute Gasteiger partial charge is 0.467 e. The van der Waals surface area contributed by atoms with Crippen LogP contribution < -0.4 is 5.32 Å². The summed E-state index contributed by atoms with van der Waals surface area (Å²) in [4.78, 5) is 37.1. The molecular weight excluding hydrogens is 328 g/mol. The third-order valence-corrected chi connectivity index (χ3v) is 3.64. The summed E-state index contributed by atoms with van der Waals surface area (Å²) in [5, 5.41) is 2.62. The average Bonchev–Trinajstić information content (AvgIpc) is 2.95. The maximum atomic E-state index is 12.3. The van der Waals surface area contributed by atoms with Crippen molar-refractivity contribution in [2.75, 3.05) is 26.8 Å². The van der Waals surface area contributed by atoms with Gasteiger partial charge in [0, 0.05) is 13.1 Å². The van der Waals surface area contributed by atoms with E-state index in [1.165, 1.54) is 18.1 Å². The number of amides is 2. The first-order valence-electron chi connectivity index (χ1n) is 8.27. The van der Waals surface area contributed by atoms with Crippen LogP contribution in [0.2, 0.25) is 0 Å². The average molecular weight is 356 g/mol. The molecule has 0 aromatic heterocycles. The third kappa shape index (κ3) is 7.03. The number of carbonyl (C=O) groups is 3. The lowest BCUT2D eigenvalue weighted by molar-refractivity contribution is -0.145. The maximum absolute atomic E-state index is 12.3. The number of rotatable bonds is 6. The topological polar surface area (TPSA) is 94.2 Å². The highest BCUT2D eigenvalue weighted by molar-refractivity contribution is 5.82. The van der Waals surface area contributed by atoms with Gasteiger partial charge in [0.2, 0.25) is 0 Å². The van der Waals surface area contributed by atoms with Crippen molar-refractivity contribution in [3.05, 3.63) is 12.7 Å². The molecule has 1 rings (SSSR count). The van der Waals surface area contributed by atoms with E-state index in [2.05, 4.69) is 11.9 Å². The van der Waals surface area contributed by atoms with E-state index in [1.54, 1.807) is 20.8 Å². The van der Waals surface area contributed by atoms with Gasteiger partial charge >= 0.3 is 18.2 Å². The van der Waals surface area contributed by atoms with Crippen LogP contribution in [-0.4, -0.2) is 61.5 Å². The molecule has 1 saturated heterocycles. The lowest BCUT2D eigenvalue weighted by atomic mass is 10.0. The van der Waals surface area contributed by atoms with Gasteiger partial charge in [0.15, 0.2) is 0 Å². The van der Waals surface area contributed by atoms with Crippen molar-refractivity contribution >= 4 is 18.2 Å². The summed E-state index contributed by atoms with van der Waals surface area (Å²) in [7, 11) is 1.29. The Morgan fingerprint density at radius 2 is 2.00 bits per heavy atom. The molecule has 8 nitrogen and oxygen atoms in total. The number of nitrogens with one attached hydrogen (secondary N) is 1. The second-order valence-electron chi connectivity index (χ2n) is 6.88. The Morgan fingerprint density at radius 3 is 2.56 bits per heavy atom. The van der Waals surface area contributed by atoms with E-state index >= 15 is 0 Å². The number of hydrogen-bond acceptors (Lipinski definition) is 6. The van der Waals surface area contributed by atoms with E-state index < -0.39 is 29.8 Å². The highest BCUT2D eigenvalue weighted by atomic mass is 16.6. The second kappa shape index (κ2) is 9.29. The Kier molecular flexibility index (Phi) is 7.73. The van der Waals surface area contributed by atoms with E-state index in [9.17, 15) is 14.4 Å². The molecule has 0 aromatic rings. The molecule has 0 spiro atoms. The van der Waals surface area contributed by atoms with Gasteiger partial charge in [-0.15, -0.1) is 0 Å². The summed E-state index contributed by atoms with van der Waals surface area (Å²) in [6, 6.07) is -0.669. The Balaban J connectivity index is 2.58. The number of nitrogens with zero attached hydrogens (tertiary/aromatic N) is 1. The van der Waals surface area contributed by atoms with Gasteiger partial charge < -0.3 is 19.5 Å². The van der Waals surface area contributed by atoms with Crippen molar-refractivity contribution in [2.45, 2.75) is 45.3 Å². The molecule has 0 bridgehead atoms. The van der Waals surface area contributed by atoms with Gasteiger partial charge in [-0.05, 0) is 39.5 Å². The molecule has 2 atom stereocenters. The summed E-state index contributed by atoms with van der Waals surface area (Å²) in [5.74, 6) is -0.414. The molecule has 8 heteroatoms. The van der Waals surface area contributed by atoms with E-state index in [1.807, 2.05) is 0 Å².